The van der Waals surface area contributed by atoms with Crippen molar-refractivity contribution in [1.82, 2.24) is 5.32 Å². The lowest BCUT2D eigenvalue weighted by Gasteiger charge is -2.32. The van der Waals surface area contributed by atoms with Crippen LogP contribution in [0.1, 0.15) is 84.3 Å². The number of alkyl halides is 3. The minimum atomic E-state index is -4.00. The smallest absolute Gasteiger partial charge is 0.386 e. The Balaban J connectivity index is 0.000000487. The van der Waals surface area contributed by atoms with Gasteiger partial charge in [0.1, 0.15) is 6.23 Å². The summed E-state index contributed by atoms with van der Waals surface area (Å²) in [5, 5.41) is 12.3. The molecule has 0 fully saturated rings. The quantitative estimate of drug-likeness (QED) is 0.163. The Bertz CT molecular complexity index is 937. The van der Waals surface area contributed by atoms with E-state index in [1.807, 2.05) is 6.92 Å². The summed E-state index contributed by atoms with van der Waals surface area (Å²) < 4.78 is 31.1. The van der Waals surface area contributed by atoms with E-state index in [0.29, 0.717) is 0 Å². The van der Waals surface area contributed by atoms with E-state index < -0.39 is 12.4 Å². The van der Waals surface area contributed by atoms with Crippen LogP contribution >= 0.6 is 0 Å². The monoisotopic (exact) mass is 549 g/mol. The molecule has 0 saturated carbocycles. The van der Waals surface area contributed by atoms with Crippen molar-refractivity contribution in [3.05, 3.63) is 71.9 Å². The van der Waals surface area contributed by atoms with Crippen LogP contribution in [0, 0.1) is 11.8 Å². The molecule has 0 aliphatic heterocycles. The maximum absolute atomic E-state index is 10.4. The van der Waals surface area contributed by atoms with Crippen LogP contribution in [0.3, 0.4) is 0 Å². The summed E-state index contributed by atoms with van der Waals surface area (Å²) in [7, 11) is 0. The number of nitrogens with one attached hydrogen (secondary N) is 1. The molecule has 2 atom stereocenters. The van der Waals surface area contributed by atoms with Crippen LogP contribution in [0.15, 0.2) is 60.8 Å². The van der Waals surface area contributed by atoms with Crippen molar-refractivity contribution < 1.29 is 18.3 Å². The lowest BCUT2D eigenvalue weighted by atomic mass is 9.72. The number of nitrogens with two attached hydrogens (primary N) is 2. The highest BCUT2D eigenvalue weighted by atomic mass is 19.4. The Morgan fingerprint density at radius 3 is 1.82 bits per heavy atom. The number of fused-ring (bicyclic) bond motifs is 3. The van der Waals surface area contributed by atoms with Crippen LogP contribution in [0.2, 0.25) is 0 Å². The lowest BCUT2D eigenvalue weighted by molar-refractivity contribution is -0.110. The topological polar surface area (TPSA) is 84.3 Å². The first-order chi connectivity index (χ1) is 18.3. The number of benzene rings is 2. The van der Waals surface area contributed by atoms with Crippen molar-refractivity contribution in [1.29, 1.82) is 0 Å². The van der Waals surface area contributed by atoms with E-state index in [2.05, 4.69) is 81.2 Å². The number of halogens is 3. The third kappa shape index (κ3) is 11.3. The fourth-order valence-electron chi connectivity index (χ4n) is 4.88. The molecule has 39 heavy (non-hydrogen) atoms. The maximum Gasteiger partial charge on any atom is 0.386 e. The van der Waals surface area contributed by atoms with Gasteiger partial charge in [-0.25, -0.2) is 0 Å². The van der Waals surface area contributed by atoms with Gasteiger partial charge in [-0.05, 0) is 72.9 Å². The van der Waals surface area contributed by atoms with Gasteiger partial charge in [0.2, 0.25) is 0 Å². The van der Waals surface area contributed by atoms with Gasteiger partial charge >= 0.3 is 6.18 Å². The van der Waals surface area contributed by atoms with Gasteiger partial charge in [0.05, 0.1) is 5.41 Å². The van der Waals surface area contributed by atoms with Crippen molar-refractivity contribution in [3.8, 4) is 11.1 Å². The third-order valence-electron chi connectivity index (χ3n) is 6.99. The number of aliphatic hydroxyl groups is 1. The highest BCUT2D eigenvalue weighted by Crippen LogP contribution is 2.53. The summed E-state index contributed by atoms with van der Waals surface area (Å²) in [4.78, 5) is 0. The zero-order chi connectivity index (χ0) is 29.6. The summed E-state index contributed by atoms with van der Waals surface area (Å²) in [5.41, 5.74) is 17.4. The van der Waals surface area contributed by atoms with Gasteiger partial charge in [-0.2, -0.15) is 13.2 Å². The van der Waals surface area contributed by atoms with Crippen molar-refractivity contribution in [2.45, 2.75) is 91.0 Å². The molecule has 0 aromatic heterocycles. The SMILES string of the molecule is C=C(N)C1(CCCCNCCC(C)C)c2ccccc2-c2ccccc21.CC(F)(F)F.CCCC(C)C(N)O. The normalized spacial score (nSPS) is 14.7. The number of aliphatic hydroxyl groups excluding tert-OH is 1. The number of hydrogen-bond acceptors (Lipinski definition) is 4. The van der Waals surface area contributed by atoms with Gasteiger partial charge in [-0.3, -0.25) is 0 Å². The molecule has 0 radical (unpaired) electrons. The molecule has 220 valence electrons. The van der Waals surface area contributed by atoms with Crippen molar-refractivity contribution in [2.75, 3.05) is 13.1 Å². The summed E-state index contributed by atoms with van der Waals surface area (Å²) in [6.45, 7) is 15.2. The molecule has 0 bridgehead atoms. The van der Waals surface area contributed by atoms with Crippen molar-refractivity contribution in [2.24, 2.45) is 23.3 Å². The molecule has 0 heterocycles. The van der Waals surface area contributed by atoms with E-state index in [0.717, 1.165) is 56.8 Å². The molecule has 4 nitrogen and oxygen atoms in total. The standard InChI is InChI=1S/C24H32N2.C6H15NO.C2H3F3/c1-18(2)14-17-26-16-9-8-15-24(19(3)25)22-12-6-4-10-20(22)21-11-5-7-13-23(21)24;1-3-4-5(2)6(7)8;1-2(3,4)5/h4-7,10-13,18,26H,3,8-9,14-17,25H2,1-2H3;5-6,8H,3-4,7H2,1-2H3;1H3. The summed E-state index contributed by atoms with van der Waals surface area (Å²) >= 11 is 0. The molecule has 0 spiro atoms. The van der Waals surface area contributed by atoms with Crippen LogP contribution < -0.4 is 16.8 Å². The van der Waals surface area contributed by atoms with Gasteiger partial charge < -0.3 is 21.9 Å². The molecular weight excluding hydrogens is 499 g/mol. The molecule has 2 unspecified atom stereocenters. The summed E-state index contributed by atoms with van der Waals surface area (Å²) in [6.07, 6.45) is 2.03. The lowest BCUT2D eigenvalue weighted by Crippen LogP contribution is -2.32. The Morgan fingerprint density at radius 2 is 1.44 bits per heavy atom. The Hall–Kier alpha value is -2.35. The highest BCUT2D eigenvalue weighted by Gasteiger charge is 2.43. The van der Waals surface area contributed by atoms with E-state index in [1.54, 1.807) is 0 Å². The Morgan fingerprint density at radius 1 is 0.949 bits per heavy atom. The van der Waals surface area contributed by atoms with Crippen LogP contribution in [0.25, 0.3) is 11.1 Å². The number of rotatable bonds is 12. The van der Waals surface area contributed by atoms with Crippen LogP contribution in [0.5, 0.6) is 0 Å². The van der Waals surface area contributed by atoms with E-state index >= 15 is 0 Å². The zero-order valence-corrected chi connectivity index (χ0v) is 24.5. The highest BCUT2D eigenvalue weighted by molar-refractivity contribution is 5.82. The number of hydrogen-bond donors (Lipinski definition) is 4. The van der Waals surface area contributed by atoms with Crippen molar-refractivity contribution in [3.63, 3.8) is 0 Å². The van der Waals surface area contributed by atoms with Gasteiger partial charge in [0, 0.05) is 12.6 Å². The van der Waals surface area contributed by atoms with Crippen LogP contribution in [-0.2, 0) is 5.41 Å². The Kier molecular flexibility index (Phi) is 14.8. The second-order valence-corrected chi connectivity index (χ2v) is 10.9. The molecule has 2 aromatic rings. The van der Waals surface area contributed by atoms with E-state index in [-0.39, 0.29) is 18.3 Å². The predicted octanol–water partition coefficient (Wildman–Crippen LogP) is 7.50. The largest absolute Gasteiger partial charge is 0.402 e. The van der Waals surface area contributed by atoms with Crippen LogP contribution in [-0.4, -0.2) is 30.6 Å². The second-order valence-electron chi connectivity index (χ2n) is 10.9. The van der Waals surface area contributed by atoms with Gasteiger partial charge in [-0.1, -0.05) is 95.6 Å². The molecule has 7 heteroatoms. The fraction of sp³-hybridized carbons (Fsp3) is 0.562. The van der Waals surface area contributed by atoms with Gasteiger partial charge in [0.15, 0.2) is 0 Å². The Labute approximate surface area is 234 Å². The predicted molar refractivity (Wildman–Crippen MR) is 158 cm³/mol. The molecule has 0 amide bonds. The third-order valence-corrected chi connectivity index (χ3v) is 6.99. The molecule has 1 aliphatic rings. The van der Waals surface area contributed by atoms with Gasteiger partial charge in [-0.15, -0.1) is 0 Å². The molecule has 1 aliphatic carbocycles. The van der Waals surface area contributed by atoms with Crippen molar-refractivity contribution >= 4 is 0 Å². The first kappa shape index (κ1) is 34.7. The summed E-state index contributed by atoms with van der Waals surface area (Å²) in [6, 6.07) is 17.4. The molecule has 2 aromatic carbocycles. The molecular formula is C32H50F3N3O. The minimum Gasteiger partial charge on any atom is -0.402 e. The van der Waals surface area contributed by atoms with E-state index in [9.17, 15) is 13.2 Å². The molecule has 6 N–H and O–H groups in total. The maximum atomic E-state index is 10.4. The van der Waals surface area contributed by atoms with Gasteiger partial charge in [0.25, 0.3) is 0 Å². The van der Waals surface area contributed by atoms with E-state index in [1.165, 1.54) is 28.7 Å². The average Bonchev–Trinajstić information content (AvgIpc) is 3.14. The first-order valence-electron chi connectivity index (χ1n) is 14.1. The summed E-state index contributed by atoms with van der Waals surface area (Å²) in [5.74, 6) is 1.01. The average molecular weight is 550 g/mol. The zero-order valence-electron chi connectivity index (χ0n) is 24.5. The van der Waals surface area contributed by atoms with E-state index in [4.69, 9.17) is 16.6 Å². The minimum absolute atomic E-state index is 0.188. The molecule has 3 rings (SSSR count). The molecule has 0 saturated heterocycles. The second kappa shape index (κ2) is 16.7. The van der Waals surface area contributed by atoms with Crippen LogP contribution in [0.4, 0.5) is 13.2 Å². The number of allylic oxidation sites excluding steroid dienone is 1. The first-order valence-corrected chi connectivity index (χ1v) is 14.1. The fourth-order valence-corrected chi connectivity index (χ4v) is 4.88. The number of unbranched alkanes of at least 4 members (excludes halogenated alkanes) is 1.